The van der Waals surface area contributed by atoms with Gasteiger partial charge in [-0.05, 0) is 47.0 Å². The molecule has 5 heteroatoms. The number of benzene rings is 1. The van der Waals surface area contributed by atoms with Crippen LogP contribution in [0.15, 0.2) is 29.0 Å². The van der Waals surface area contributed by atoms with Crippen LogP contribution >= 0.6 is 34.5 Å². The van der Waals surface area contributed by atoms with E-state index in [2.05, 4.69) is 29.1 Å². The van der Waals surface area contributed by atoms with Crippen molar-refractivity contribution in [2.75, 3.05) is 13.7 Å². The third-order valence-corrected chi connectivity index (χ3v) is 4.38. The quantitative estimate of drug-likeness (QED) is 0.790. The average molecular weight is 330 g/mol. The minimum Gasteiger partial charge on any atom is -0.495 e. The summed E-state index contributed by atoms with van der Waals surface area (Å²) >= 11 is 14.3. The summed E-state index contributed by atoms with van der Waals surface area (Å²) in [5.74, 6) is 0.597. The lowest BCUT2D eigenvalue weighted by Gasteiger charge is -2.20. The number of methoxy groups -OCH3 is 1. The van der Waals surface area contributed by atoms with Gasteiger partial charge in [-0.3, -0.25) is 0 Å². The SMILES string of the molecule is CCCNC(c1ccsc1)c1cc(Cl)c(OC)cc1Cl. The highest BCUT2D eigenvalue weighted by Crippen LogP contribution is 2.36. The number of hydrogen-bond donors (Lipinski definition) is 1. The van der Waals surface area contributed by atoms with E-state index in [0.29, 0.717) is 15.8 Å². The Morgan fingerprint density at radius 2 is 2.10 bits per heavy atom. The van der Waals surface area contributed by atoms with Crippen molar-refractivity contribution in [3.63, 3.8) is 0 Å². The van der Waals surface area contributed by atoms with Crippen molar-refractivity contribution in [1.82, 2.24) is 5.32 Å². The van der Waals surface area contributed by atoms with Gasteiger partial charge in [-0.2, -0.15) is 11.3 Å². The van der Waals surface area contributed by atoms with Gasteiger partial charge in [0, 0.05) is 11.1 Å². The average Bonchev–Trinajstić information content (AvgIpc) is 2.96. The van der Waals surface area contributed by atoms with Crippen LogP contribution in [0.1, 0.15) is 30.5 Å². The number of halogens is 2. The van der Waals surface area contributed by atoms with Gasteiger partial charge in [-0.15, -0.1) is 0 Å². The molecule has 0 bridgehead atoms. The Bertz CT molecular complexity index is 557. The standard InChI is InChI=1S/C15H17Cl2NOS/c1-3-5-18-15(10-4-6-20-9-10)11-7-13(17)14(19-2)8-12(11)16/h4,6-9,15,18H,3,5H2,1-2H3. The first kappa shape index (κ1) is 15.6. The van der Waals surface area contributed by atoms with E-state index in [9.17, 15) is 0 Å². The van der Waals surface area contributed by atoms with Crippen molar-refractivity contribution in [3.8, 4) is 5.75 Å². The summed E-state index contributed by atoms with van der Waals surface area (Å²) < 4.78 is 5.20. The van der Waals surface area contributed by atoms with Gasteiger partial charge in [-0.25, -0.2) is 0 Å². The van der Waals surface area contributed by atoms with Crippen molar-refractivity contribution >= 4 is 34.5 Å². The maximum Gasteiger partial charge on any atom is 0.138 e. The number of hydrogen-bond acceptors (Lipinski definition) is 3. The van der Waals surface area contributed by atoms with Gasteiger partial charge >= 0.3 is 0 Å². The summed E-state index contributed by atoms with van der Waals surface area (Å²) in [7, 11) is 1.59. The Labute approximate surface area is 133 Å². The van der Waals surface area contributed by atoms with Crippen molar-refractivity contribution in [3.05, 3.63) is 50.1 Å². The molecule has 0 aliphatic heterocycles. The Morgan fingerprint density at radius 1 is 1.30 bits per heavy atom. The molecule has 108 valence electrons. The summed E-state index contributed by atoms with van der Waals surface area (Å²) in [6, 6.07) is 5.81. The van der Waals surface area contributed by atoms with Gasteiger partial charge in [0.05, 0.1) is 18.2 Å². The first-order chi connectivity index (χ1) is 9.67. The first-order valence-electron chi connectivity index (χ1n) is 6.45. The van der Waals surface area contributed by atoms with Gasteiger partial charge < -0.3 is 10.1 Å². The van der Waals surface area contributed by atoms with Crippen LogP contribution in [0.5, 0.6) is 5.75 Å². The molecule has 0 radical (unpaired) electrons. The molecule has 2 rings (SSSR count). The third kappa shape index (κ3) is 3.47. The van der Waals surface area contributed by atoms with E-state index in [4.69, 9.17) is 27.9 Å². The minimum absolute atomic E-state index is 0.0529. The van der Waals surface area contributed by atoms with E-state index in [1.807, 2.05) is 6.07 Å². The van der Waals surface area contributed by atoms with Gasteiger partial charge in [0.25, 0.3) is 0 Å². The molecule has 1 atom stereocenters. The molecule has 2 aromatic rings. The smallest absolute Gasteiger partial charge is 0.138 e. The molecule has 2 nitrogen and oxygen atoms in total. The molecule has 20 heavy (non-hydrogen) atoms. The lowest BCUT2D eigenvalue weighted by atomic mass is 10.0. The highest BCUT2D eigenvalue weighted by Gasteiger charge is 2.19. The third-order valence-electron chi connectivity index (χ3n) is 3.06. The molecule has 1 aromatic carbocycles. The molecular weight excluding hydrogens is 313 g/mol. The van der Waals surface area contributed by atoms with Crippen molar-refractivity contribution in [2.45, 2.75) is 19.4 Å². The number of thiophene rings is 1. The van der Waals surface area contributed by atoms with Crippen LogP contribution in [0.3, 0.4) is 0 Å². The molecule has 0 fully saturated rings. The van der Waals surface area contributed by atoms with Gasteiger partial charge in [0.2, 0.25) is 0 Å². The zero-order valence-corrected chi connectivity index (χ0v) is 13.8. The predicted molar refractivity (Wildman–Crippen MR) is 87.5 cm³/mol. The maximum atomic E-state index is 6.40. The van der Waals surface area contributed by atoms with Crippen LogP contribution in [0.25, 0.3) is 0 Å². The normalized spacial score (nSPS) is 12.4. The molecule has 0 aliphatic carbocycles. The number of rotatable bonds is 6. The molecule has 0 amide bonds. The second kappa shape index (κ2) is 7.32. The molecule has 1 aromatic heterocycles. The molecule has 0 saturated carbocycles. The number of nitrogens with one attached hydrogen (secondary N) is 1. The van der Waals surface area contributed by atoms with Crippen LogP contribution in [0.4, 0.5) is 0 Å². The topological polar surface area (TPSA) is 21.3 Å². The highest BCUT2D eigenvalue weighted by atomic mass is 35.5. The lowest BCUT2D eigenvalue weighted by Crippen LogP contribution is -2.23. The Balaban J connectivity index is 2.40. The van der Waals surface area contributed by atoms with Crippen molar-refractivity contribution < 1.29 is 4.74 Å². The molecule has 1 heterocycles. The van der Waals surface area contributed by atoms with Crippen LogP contribution < -0.4 is 10.1 Å². The monoisotopic (exact) mass is 329 g/mol. The maximum absolute atomic E-state index is 6.40. The van der Waals surface area contributed by atoms with Gasteiger partial charge in [-0.1, -0.05) is 30.1 Å². The Hall–Kier alpha value is -0.740. The fourth-order valence-corrected chi connectivity index (χ4v) is 3.25. The predicted octanol–water partition coefficient (Wildman–Crippen LogP) is 5.15. The largest absolute Gasteiger partial charge is 0.495 e. The van der Waals surface area contributed by atoms with E-state index in [1.165, 1.54) is 5.56 Å². The van der Waals surface area contributed by atoms with E-state index >= 15 is 0 Å². The fraction of sp³-hybridized carbons (Fsp3) is 0.333. The summed E-state index contributed by atoms with van der Waals surface area (Å²) in [5.41, 5.74) is 2.18. The molecular formula is C15H17Cl2NOS. The van der Waals surface area contributed by atoms with Crippen LogP contribution in [0, 0.1) is 0 Å². The van der Waals surface area contributed by atoms with Crippen molar-refractivity contribution in [2.24, 2.45) is 0 Å². The molecule has 1 N–H and O–H groups in total. The molecule has 0 aliphatic rings. The van der Waals surface area contributed by atoms with Crippen LogP contribution in [-0.4, -0.2) is 13.7 Å². The summed E-state index contributed by atoms with van der Waals surface area (Å²) in [6.45, 7) is 3.06. The molecule has 0 spiro atoms. The van der Waals surface area contributed by atoms with Gasteiger partial charge in [0.1, 0.15) is 5.75 Å². The Kier molecular flexibility index (Phi) is 5.73. The highest BCUT2D eigenvalue weighted by molar-refractivity contribution is 7.08. The van der Waals surface area contributed by atoms with Crippen LogP contribution in [-0.2, 0) is 0 Å². The zero-order valence-electron chi connectivity index (χ0n) is 11.5. The molecule has 0 saturated heterocycles. The summed E-state index contributed by atoms with van der Waals surface area (Å²) in [6.07, 6.45) is 1.06. The first-order valence-corrected chi connectivity index (χ1v) is 8.15. The van der Waals surface area contributed by atoms with Crippen LogP contribution in [0.2, 0.25) is 10.0 Å². The molecule has 1 unspecified atom stereocenters. The fourth-order valence-electron chi connectivity index (χ4n) is 2.06. The van der Waals surface area contributed by atoms with Gasteiger partial charge in [0.15, 0.2) is 0 Å². The Morgan fingerprint density at radius 3 is 2.70 bits per heavy atom. The number of ether oxygens (including phenoxy) is 1. The second-order valence-corrected chi connectivity index (χ2v) is 6.05. The van der Waals surface area contributed by atoms with E-state index < -0.39 is 0 Å². The second-order valence-electron chi connectivity index (χ2n) is 4.45. The zero-order chi connectivity index (χ0) is 14.5. The van der Waals surface area contributed by atoms with E-state index in [0.717, 1.165) is 18.5 Å². The summed E-state index contributed by atoms with van der Waals surface area (Å²) in [4.78, 5) is 0. The van der Waals surface area contributed by atoms with E-state index in [1.54, 1.807) is 24.5 Å². The lowest BCUT2D eigenvalue weighted by molar-refractivity contribution is 0.414. The van der Waals surface area contributed by atoms with E-state index in [-0.39, 0.29) is 6.04 Å². The summed E-state index contributed by atoms with van der Waals surface area (Å²) in [5, 5.41) is 8.94. The minimum atomic E-state index is 0.0529. The van der Waals surface area contributed by atoms with Crippen molar-refractivity contribution in [1.29, 1.82) is 0 Å².